The molecule has 2 bridgehead atoms. The SMILES string of the molecule is CCOC(=O)CC1CCC2CC1CN2c1ccccc1. The average molecular weight is 273 g/mol. The van der Waals surface area contributed by atoms with Crippen LogP contribution in [0.15, 0.2) is 30.3 Å². The summed E-state index contributed by atoms with van der Waals surface area (Å²) in [6, 6.07) is 11.3. The third kappa shape index (κ3) is 2.67. The first kappa shape index (κ1) is 13.5. The average Bonchev–Trinajstić information content (AvgIpc) is 2.82. The van der Waals surface area contributed by atoms with Gasteiger partial charge in [0, 0.05) is 24.7 Å². The van der Waals surface area contributed by atoms with Gasteiger partial charge in [-0.25, -0.2) is 0 Å². The highest BCUT2D eigenvalue weighted by molar-refractivity contribution is 5.69. The summed E-state index contributed by atoms with van der Waals surface area (Å²) in [6.45, 7) is 3.47. The molecule has 2 fully saturated rings. The van der Waals surface area contributed by atoms with Crippen LogP contribution in [-0.4, -0.2) is 25.2 Å². The number of anilines is 1. The number of para-hydroxylation sites is 1. The topological polar surface area (TPSA) is 29.5 Å². The van der Waals surface area contributed by atoms with Gasteiger partial charge in [-0.1, -0.05) is 18.2 Å². The van der Waals surface area contributed by atoms with Gasteiger partial charge < -0.3 is 9.64 Å². The fourth-order valence-corrected chi connectivity index (χ4v) is 3.85. The molecule has 0 amide bonds. The lowest BCUT2D eigenvalue weighted by Crippen LogP contribution is -2.28. The van der Waals surface area contributed by atoms with Crippen molar-refractivity contribution in [2.45, 2.75) is 38.6 Å². The minimum absolute atomic E-state index is 0.0193. The number of ether oxygens (including phenoxy) is 1. The number of carbonyl (C=O) groups excluding carboxylic acids is 1. The molecule has 0 N–H and O–H groups in total. The van der Waals surface area contributed by atoms with E-state index in [1.807, 2.05) is 6.92 Å². The van der Waals surface area contributed by atoms with Crippen LogP contribution in [-0.2, 0) is 9.53 Å². The fourth-order valence-electron chi connectivity index (χ4n) is 3.85. The van der Waals surface area contributed by atoms with Gasteiger partial charge in [0.05, 0.1) is 6.61 Å². The van der Waals surface area contributed by atoms with Crippen molar-refractivity contribution in [3.05, 3.63) is 30.3 Å². The Kier molecular flexibility index (Phi) is 3.95. The van der Waals surface area contributed by atoms with Crippen molar-refractivity contribution in [2.24, 2.45) is 11.8 Å². The van der Waals surface area contributed by atoms with Crippen molar-refractivity contribution in [2.75, 3.05) is 18.1 Å². The van der Waals surface area contributed by atoms with Gasteiger partial charge in [0.15, 0.2) is 0 Å². The standard InChI is InChI=1S/C17H23NO2/c1-2-20-17(19)11-13-8-9-16-10-14(13)12-18(16)15-6-4-3-5-7-15/h3-7,13-14,16H,2,8-12H2,1H3. The highest BCUT2D eigenvalue weighted by atomic mass is 16.5. The number of hydrogen-bond acceptors (Lipinski definition) is 3. The number of hydrogen-bond donors (Lipinski definition) is 0. The Bertz CT molecular complexity index is 459. The molecular formula is C17H23NO2. The molecule has 3 unspecified atom stereocenters. The first-order chi connectivity index (χ1) is 9.78. The zero-order chi connectivity index (χ0) is 13.9. The van der Waals surface area contributed by atoms with Gasteiger partial charge in [-0.15, -0.1) is 0 Å². The molecule has 0 spiro atoms. The third-order valence-electron chi connectivity index (χ3n) is 4.81. The second-order valence-electron chi connectivity index (χ2n) is 5.98. The summed E-state index contributed by atoms with van der Waals surface area (Å²) in [6.07, 6.45) is 4.21. The quantitative estimate of drug-likeness (QED) is 0.789. The van der Waals surface area contributed by atoms with Gasteiger partial charge in [0.1, 0.15) is 0 Å². The highest BCUT2D eigenvalue weighted by Crippen LogP contribution is 2.42. The number of rotatable bonds is 4. The first-order valence-electron chi connectivity index (χ1n) is 7.75. The van der Waals surface area contributed by atoms with Crippen LogP contribution in [0.1, 0.15) is 32.6 Å². The monoisotopic (exact) mass is 273 g/mol. The van der Waals surface area contributed by atoms with Crippen LogP contribution in [0.25, 0.3) is 0 Å². The molecule has 1 saturated heterocycles. The zero-order valence-electron chi connectivity index (χ0n) is 12.1. The predicted molar refractivity (Wildman–Crippen MR) is 79.7 cm³/mol. The smallest absolute Gasteiger partial charge is 0.306 e. The summed E-state index contributed by atoms with van der Waals surface area (Å²) in [5.74, 6) is 1.14. The fraction of sp³-hybridized carbons (Fsp3) is 0.588. The van der Waals surface area contributed by atoms with E-state index in [0.29, 0.717) is 30.9 Å². The summed E-state index contributed by atoms with van der Waals surface area (Å²) >= 11 is 0. The third-order valence-corrected chi connectivity index (χ3v) is 4.81. The summed E-state index contributed by atoms with van der Waals surface area (Å²) in [5.41, 5.74) is 1.33. The van der Waals surface area contributed by atoms with E-state index in [2.05, 4.69) is 35.2 Å². The first-order valence-corrected chi connectivity index (χ1v) is 7.75. The van der Waals surface area contributed by atoms with Crippen LogP contribution in [0.3, 0.4) is 0 Å². The molecule has 1 aliphatic heterocycles. The molecule has 0 aromatic heterocycles. The molecule has 3 rings (SSSR count). The summed E-state index contributed by atoms with van der Waals surface area (Å²) < 4.78 is 5.11. The lowest BCUT2D eigenvalue weighted by Gasteiger charge is -2.28. The molecule has 1 saturated carbocycles. The van der Waals surface area contributed by atoms with E-state index in [1.165, 1.54) is 18.5 Å². The number of esters is 1. The second kappa shape index (κ2) is 5.86. The van der Waals surface area contributed by atoms with Gasteiger partial charge in [-0.05, 0) is 50.2 Å². The molecule has 1 aliphatic carbocycles. The van der Waals surface area contributed by atoms with Crippen molar-refractivity contribution in [1.82, 2.24) is 0 Å². The summed E-state index contributed by atoms with van der Waals surface area (Å²) in [4.78, 5) is 14.2. The number of benzene rings is 1. The predicted octanol–water partition coefficient (Wildman–Crippen LogP) is 3.24. The largest absolute Gasteiger partial charge is 0.466 e. The molecule has 1 aromatic rings. The van der Waals surface area contributed by atoms with Gasteiger partial charge in [-0.2, -0.15) is 0 Å². The number of fused-ring (bicyclic) bond motifs is 2. The van der Waals surface area contributed by atoms with Crippen molar-refractivity contribution >= 4 is 11.7 Å². The minimum atomic E-state index is -0.0193. The minimum Gasteiger partial charge on any atom is -0.466 e. The van der Waals surface area contributed by atoms with E-state index in [0.717, 1.165) is 13.0 Å². The van der Waals surface area contributed by atoms with E-state index in [1.54, 1.807) is 0 Å². The maximum absolute atomic E-state index is 11.7. The van der Waals surface area contributed by atoms with Crippen molar-refractivity contribution < 1.29 is 9.53 Å². The molecule has 1 aromatic carbocycles. The Morgan fingerprint density at radius 1 is 1.30 bits per heavy atom. The van der Waals surface area contributed by atoms with E-state index in [4.69, 9.17) is 4.74 Å². The molecule has 3 heteroatoms. The van der Waals surface area contributed by atoms with E-state index in [-0.39, 0.29) is 5.97 Å². The number of nitrogens with zero attached hydrogens (tertiary/aromatic N) is 1. The van der Waals surface area contributed by atoms with Gasteiger partial charge >= 0.3 is 5.97 Å². The van der Waals surface area contributed by atoms with Gasteiger partial charge in [0.25, 0.3) is 0 Å². The Morgan fingerprint density at radius 2 is 2.10 bits per heavy atom. The lowest BCUT2D eigenvalue weighted by molar-refractivity contribution is -0.144. The van der Waals surface area contributed by atoms with Crippen molar-refractivity contribution in [1.29, 1.82) is 0 Å². The van der Waals surface area contributed by atoms with E-state index < -0.39 is 0 Å². The number of carbonyl (C=O) groups is 1. The summed E-state index contributed by atoms with van der Waals surface area (Å²) in [7, 11) is 0. The molecule has 20 heavy (non-hydrogen) atoms. The molecule has 108 valence electrons. The van der Waals surface area contributed by atoms with Crippen molar-refractivity contribution in [3.63, 3.8) is 0 Å². The Hall–Kier alpha value is -1.51. The van der Waals surface area contributed by atoms with Crippen LogP contribution >= 0.6 is 0 Å². The summed E-state index contributed by atoms with van der Waals surface area (Å²) in [5, 5.41) is 0. The highest BCUT2D eigenvalue weighted by Gasteiger charge is 2.41. The van der Waals surface area contributed by atoms with E-state index in [9.17, 15) is 4.79 Å². The Labute approximate surface area is 120 Å². The molecule has 1 heterocycles. The van der Waals surface area contributed by atoms with Crippen molar-refractivity contribution in [3.8, 4) is 0 Å². The second-order valence-corrected chi connectivity index (χ2v) is 5.98. The van der Waals surface area contributed by atoms with Crippen LogP contribution < -0.4 is 4.90 Å². The molecule has 3 nitrogen and oxygen atoms in total. The van der Waals surface area contributed by atoms with Gasteiger partial charge in [0.2, 0.25) is 0 Å². The van der Waals surface area contributed by atoms with Crippen LogP contribution in [0.4, 0.5) is 5.69 Å². The maximum atomic E-state index is 11.7. The molecule has 2 aliphatic rings. The van der Waals surface area contributed by atoms with Crippen LogP contribution in [0, 0.1) is 11.8 Å². The normalized spacial score (nSPS) is 28.4. The Balaban J connectivity index is 1.65. The zero-order valence-corrected chi connectivity index (χ0v) is 12.1. The van der Waals surface area contributed by atoms with Crippen LogP contribution in [0.2, 0.25) is 0 Å². The lowest BCUT2D eigenvalue weighted by atomic mass is 9.78. The Morgan fingerprint density at radius 3 is 2.85 bits per heavy atom. The van der Waals surface area contributed by atoms with Crippen LogP contribution in [0.5, 0.6) is 0 Å². The molecule has 3 atom stereocenters. The maximum Gasteiger partial charge on any atom is 0.306 e. The van der Waals surface area contributed by atoms with Gasteiger partial charge in [-0.3, -0.25) is 4.79 Å². The van der Waals surface area contributed by atoms with E-state index >= 15 is 0 Å². The molecular weight excluding hydrogens is 250 g/mol. The molecule has 0 radical (unpaired) electrons.